The Bertz CT molecular complexity index is 1150. The van der Waals surface area contributed by atoms with Crippen LogP contribution in [0.25, 0.3) is 11.3 Å². The van der Waals surface area contributed by atoms with Crippen molar-refractivity contribution in [1.82, 2.24) is 4.98 Å². The van der Waals surface area contributed by atoms with Crippen molar-refractivity contribution >= 4 is 11.4 Å². The summed E-state index contributed by atoms with van der Waals surface area (Å²) in [6, 6.07) is 26.7. The van der Waals surface area contributed by atoms with Crippen LogP contribution >= 0.6 is 0 Å². The summed E-state index contributed by atoms with van der Waals surface area (Å²) in [5.41, 5.74) is 7.04. The van der Waals surface area contributed by atoms with Crippen LogP contribution in [-0.2, 0) is 0 Å². The molecular formula is C28H28N2O. The molecule has 0 aliphatic heterocycles. The number of rotatable bonds is 6. The minimum atomic E-state index is 0.360. The molecule has 31 heavy (non-hydrogen) atoms. The highest BCUT2D eigenvalue weighted by atomic mass is 16.3. The van der Waals surface area contributed by atoms with Crippen LogP contribution in [0.2, 0.25) is 0 Å². The van der Waals surface area contributed by atoms with Crippen LogP contribution in [-0.4, -0.2) is 10.7 Å². The Hall–Kier alpha value is -3.46. The summed E-state index contributed by atoms with van der Waals surface area (Å²) in [5.74, 6) is 1.25. The van der Waals surface area contributed by atoms with Gasteiger partial charge in [0.25, 0.3) is 0 Å². The Labute approximate surface area is 184 Å². The number of aromatic nitrogens is 1. The third-order valence-corrected chi connectivity index (χ3v) is 5.39. The van der Waals surface area contributed by atoms with Gasteiger partial charge < -0.3 is 4.42 Å². The van der Waals surface area contributed by atoms with Crippen molar-refractivity contribution in [3.8, 4) is 11.3 Å². The first-order valence-corrected chi connectivity index (χ1v) is 10.8. The van der Waals surface area contributed by atoms with Gasteiger partial charge in [-0.1, -0.05) is 107 Å². The Kier molecular flexibility index (Phi) is 6.13. The van der Waals surface area contributed by atoms with Gasteiger partial charge in [-0.25, -0.2) is 9.98 Å². The van der Waals surface area contributed by atoms with Crippen molar-refractivity contribution in [3.63, 3.8) is 0 Å². The number of benzene rings is 3. The molecule has 0 bridgehead atoms. The molecule has 156 valence electrons. The maximum atomic E-state index is 5.97. The number of hydrogen-bond acceptors (Lipinski definition) is 3. The predicted molar refractivity (Wildman–Crippen MR) is 128 cm³/mol. The van der Waals surface area contributed by atoms with Gasteiger partial charge in [0.2, 0.25) is 5.89 Å². The summed E-state index contributed by atoms with van der Waals surface area (Å²) < 4.78 is 5.97. The number of hydrogen-bond donors (Lipinski definition) is 0. The van der Waals surface area contributed by atoms with Gasteiger partial charge >= 0.3 is 0 Å². The number of para-hydroxylation sites is 1. The zero-order valence-electron chi connectivity index (χ0n) is 18.5. The first-order chi connectivity index (χ1) is 15.0. The second-order valence-corrected chi connectivity index (χ2v) is 8.32. The molecule has 0 aliphatic rings. The van der Waals surface area contributed by atoms with Gasteiger partial charge in [0, 0.05) is 11.1 Å². The zero-order valence-corrected chi connectivity index (χ0v) is 18.5. The van der Waals surface area contributed by atoms with E-state index in [0.29, 0.717) is 17.7 Å². The van der Waals surface area contributed by atoms with Gasteiger partial charge in [-0.05, 0) is 23.0 Å². The minimum Gasteiger partial charge on any atom is -0.443 e. The van der Waals surface area contributed by atoms with Crippen molar-refractivity contribution in [2.45, 2.75) is 39.5 Å². The van der Waals surface area contributed by atoms with Crippen molar-refractivity contribution < 1.29 is 4.42 Å². The summed E-state index contributed by atoms with van der Waals surface area (Å²) in [4.78, 5) is 10.0. The van der Waals surface area contributed by atoms with E-state index in [1.165, 1.54) is 11.1 Å². The van der Waals surface area contributed by atoms with Crippen LogP contribution in [0.1, 0.15) is 62.1 Å². The molecule has 3 nitrogen and oxygen atoms in total. The van der Waals surface area contributed by atoms with Crippen molar-refractivity contribution in [1.29, 1.82) is 0 Å². The second-order valence-electron chi connectivity index (χ2n) is 8.32. The quantitative estimate of drug-likeness (QED) is 0.306. The van der Waals surface area contributed by atoms with E-state index in [2.05, 4.69) is 58.0 Å². The highest BCUT2D eigenvalue weighted by Crippen LogP contribution is 2.36. The predicted octanol–water partition coefficient (Wildman–Crippen LogP) is 7.76. The largest absolute Gasteiger partial charge is 0.443 e. The maximum Gasteiger partial charge on any atom is 0.246 e. The van der Waals surface area contributed by atoms with E-state index >= 15 is 0 Å². The molecule has 0 fully saturated rings. The SMILES string of the molecule is CC(C)c1cccc(C(C)C)c1N=C(c1ccccc1)c1nc(-c2ccccc2)co1. The van der Waals surface area contributed by atoms with Crippen LogP contribution in [0.4, 0.5) is 5.69 Å². The van der Waals surface area contributed by atoms with E-state index in [9.17, 15) is 0 Å². The number of aliphatic imine (C=N–C) groups is 1. The van der Waals surface area contributed by atoms with Gasteiger partial charge in [0.05, 0.1) is 5.69 Å². The zero-order chi connectivity index (χ0) is 21.8. The number of nitrogens with zero attached hydrogens (tertiary/aromatic N) is 2. The molecule has 3 heteroatoms. The van der Waals surface area contributed by atoms with Crippen molar-refractivity contribution in [2.24, 2.45) is 4.99 Å². The normalized spacial score (nSPS) is 12.0. The molecule has 0 spiro atoms. The third kappa shape index (κ3) is 4.51. The standard InChI is InChI=1S/C28H28N2O/c1-19(2)23-16-11-17-24(20(3)4)27(23)30-26(22-14-9-6-10-15-22)28-29-25(18-31-28)21-12-7-5-8-13-21/h5-20H,1-4H3. The maximum absolute atomic E-state index is 5.97. The van der Waals surface area contributed by atoms with E-state index in [0.717, 1.165) is 28.2 Å². The Balaban J connectivity index is 1.91. The molecule has 0 saturated heterocycles. The summed E-state index contributed by atoms with van der Waals surface area (Å²) in [6.45, 7) is 8.83. The molecular weight excluding hydrogens is 380 g/mol. The lowest BCUT2D eigenvalue weighted by atomic mass is 9.92. The van der Waals surface area contributed by atoms with Gasteiger partial charge in [-0.3, -0.25) is 0 Å². The molecule has 4 aromatic rings. The summed E-state index contributed by atoms with van der Waals surface area (Å²) in [5, 5.41) is 0. The van der Waals surface area contributed by atoms with E-state index in [1.54, 1.807) is 6.26 Å². The molecule has 0 aliphatic carbocycles. The molecule has 3 aromatic carbocycles. The van der Waals surface area contributed by atoms with Crippen LogP contribution in [0.3, 0.4) is 0 Å². The molecule has 0 amide bonds. The first kappa shape index (κ1) is 20.8. The molecule has 1 aromatic heterocycles. The molecule has 4 rings (SSSR count). The summed E-state index contributed by atoms with van der Waals surface area (Å²) in [6.07, 6.45) is 1.71. The van der Waals surface area contributed by atoms with Gasteiger partial charge in [0.15, 0.2) is 0 Å². The molecule has 1 heterocycles. The van der Waals surface area contributed by atoms with Crippen LogP contribution < -0.4 is 0 Å². The Morgan fingerprint density at radius 1 is 0.742 bits per heavy atom. The fourth-order valence-corrected chi connectivity index (χ4v) is 3.71. The lowest BCUT2D eigenvalue weighted by Gasteiger charge is -2.17. The molecule has 0 N–H and O–H groups in total. The second kappa shape index (κ2) is 9.13. The molecule has 0 atom stereocenters. The van der Waals surface area contributed by atoms with Crippen LogP contribution in [0, 0.1) is 0 Å². The van der Waals surface area contributed by atoms with Crippen molar-refractivity contribution in [3.05, 3.63) is 108 Å². The lowest BCUT2D eigenvalue weighted by molar-refractivity contribution is 0.548. The topological polar surface area (TPSA) is 38.4 Å². The first-order valence-electron chi connectivity index (χ1n) is 10.8. The van der Waals surface area contributed by atoms with E-state index in [4.69, 9.17) is 14.4 Å². The monoisotopic (exact) mass is 408 g/mol. The van der Waals surface area contributed by atoms with Gasteiger partial charge in [0.1, 0.15) is 17.7 Å². The van der Waals surface area contributed by atoms with Gasteiger partial charge in [-0.2, -0.15) is 0 Å². The highest BCUT2D eigenvalue weighted by molar-refractivity contribution is 6.11. The smallest absolute Gasteiger partial charge is 0.246 e. The van der Waals surface area contributed by atoms with E-state index in [-0.39, 0.29) is 0 Å². The van der Waals surface area contributed by atoms with E-state index in [1.807, 2.05) is 48.5 Å². The fraction of sp³-hybridized carbons (Fsp3) is 0.214. The van der Waals surface area contributed by atoms with E-state index < -0.39 is 0 Å². The minimum absolute atomic E-state index is 0.360. The van der Waals surface area contributed by atoms with Crippen LogP contribution in [0.5, 0.6) is 0 Å². The molecule has 0 radical (unpaired) electrons. The van der Waals surface area contributed by atoms with Gasteiger partial charge in [-0.15, -0.1) is 0 Å². The lowest BCUT2D eigenvalue weighted by Crippen LogP contribution is -2.05. The average molecular weight is 409 g/mol. The fourth-order valence-electron chi connectivity index (χ4n) is 3.71. The summed E-state index contributed by atoms with van der Waals surface area (Å²) >= 11 is 0. The third-order valence-electron chi connectivity index (χ3n) is 5.39. The number of oxazole rings is 1. The molecule has 0 saturated carbocycles. The Morgan fingerprint density at radius 2 is 1.32 bits per heavy atom. The molecule has 0 unspecified atom stereocenters. The van der Waals surface area contributed by atoms with Crippen LogP contribution in [0.15, 0.2) is 94.5 Å². The highest BCUT2D eigenvalue weighted by Gasteiger charge is 2.19. The average Bonchev–Trinajstić information content (AvgIpc) is 3.28. The Morgan fingerprint density at radius 3 is 1.90 bits per heavy atom. The van der Waals surface area contributed by atoms with Crippen molar-refractivity contribution in [2.75, 3.05) is 0 Å². The summed E-state index contributed by atoms with van der Waals surface area (Å²) in [7, 11) is 0.